The van der Waals surface area contributed by atoms with Crippen molar-refractivity contribution in [2.24, 2.45) is 0 Å². The third-order valence-corrected chi connectivity index (χ3v) is 4.09. The molecule has 2 amide bonds. The molecule has 3 rings (SSSR count). The molecule has 1 saturated heterocycles. The number of rotatable bonds is 4. The molecule has 0 radical (unpaired) electrons. The van der Waals surface area contributed by atoms with Crippen molar-refractivity contribution in [3.8, 4) is 6.01 Å². The number of hydrogen-bond donors (Lipinski definition) is 1. The summed E-state index contributed by atoms with van der Waals surface area (Å²) in [5.41, 5.74) is 0.842. The highest BCUT2D eigenvalue weighted by Crippen LogP contribution is 2.16. The number of benzene rings is 1. The van der Waals surface area contributed by atoms with E-state index in [0.717, 1.165) is 18.4 Å². The zero-order valence-corrected chi connectivity index (χ0v) is 14.2. The highest BCUT2D eigenvalue weighted by atomic mass is 35.5. The van der Waals surface area contributed by atoms with E-state index in [4.69, 9.17) is 16.3 Å². The fourth-order valence-corrected chi connectivity index (χ4v) is 2.72. The monoisotopic (exact) mass is 364 g/mol. The average molecular weight is 365 g/mol. The fraction of sp³-hybridized carbons (Fsp3) is 0.353. The smallest absolute Gasteiger partial charge is 0.317 e. The van der Waals surface area contributed by atoms with Crippen molar-refractivity contribution in [3.05, 3.63) is 53.1 Å². The number of carbonyl (C=O) groups excluding carboxylic acids is 1. The number of nitrogens with zero attached hydrogens (tertiary/aromatic N) is 3. The number of likely N-dealkylation sites (tertiary alicyclic amines) is 1. The minimum Gasteiger partial charge on any atom is -0.458 e. The van der Waals surface area contributed by atoms with Crippen LogP contribution in [0.5, 0.6) is 6.01 Å². The summed E-state index contributed by atoms with van der Waals surface area (Å²) in [6.45, 7) is 1.47. The van der Waals surface area contributed by atoms with Crippen molar-refractivity contribution in [1.82, 2.24) is 20.2 Å². The van der Waals surface area contributed by atoms with Gasteiger partial charge in [0.2, 0.25) is 0 Å². The van der Waals surface area contributed by atoms with Gasteiger partial charge >= 0.3 is 12.0 Å². The molecule has 0 spiro atoms. The normalized spacial score (nSPS) is 17.2. The Bertz CT molecular complexity index is 712. The van der Waals surface area contributed by atoms with Gasteiger partial charge in [0.05, 0.1) is 24.0 Å². The molecule has 0 aliphatic carbocycles. The molecule has 0 bridgehead atoms. The predicted molar refractivity (Wildman–Crippen MR) is 90.9 cm³/mol. The highest BCUT2D eigenvalue weighted by molar-refractivity contribution is 6.30. The standard InChI is InChI=1S/C17H18ClFN4O2/c18-13-9-20-16(21-10-13)25-15-2-1-7-23(11-15)17(24)22-8-12-3-5-14(19)6-4-12/h3-6,9-10,15H,1-2,7-8,11H2,(H,22,24). The van der Waals surface area contributed by atoms with Crippen LogP contribution in [0.15, 0.2) is 36.7 Å². The minimum absolute atomic E-state index is 0.161. The SMILES string of the molecule is O=C(NCc1ccc(F)cc1)N1CCCC(Oc2ncc(Cl)cn2)C1. The number of nitrogens with one attached hydrogen (secondary N) is 1. The molecule has 1 N–H and O–H groups in total. The molecule has 25 heavy (non-hydrogen) atoms. The second kappa shape index (κ2) is 8.11. The van der Waals surface area contributed by atoms with Crippen LogP contribution >= 0.6 is 11.6 Å². The number of aromatic nitrogens is 2. The number of amides is 2. The maximum atomic E-state index is 12.9. The molecule has 1 aromatic heterocycles. The Labute approximate surface area is 150 Å². The van der Waals surface area contributed by atoms with Gasteiger partial charge in [-0.3, -0.25) is 0 Å². The molecule has 6 nitrogen and oxygen atoms in total. The van der Waals surface area contributed by atoms with E-state index in [0.29, 0.717) is 24.7 Å². The van der Waals surface area contributed by atoms with Crippen LogP contribution in [0.25, 0.3) is 0 Å². The van der Waals surface area contributed by atoms with E-state index in [1.54, 1.807) is 17.0 Å². The van der Waals surface area contributed by atoms with Gasteiger partial charge < -0.3 is 15.0 Å². The molecule has 2 aromatic rings. The first-order valence-electron chi connectivity index (χ1n) is 8.01. The zero-order valence-electron chi connectivity index (χ0n) is 13.5. The molecule has 2 heterocycles. The Balaban J connectivity index is 1.50. The topological polar surface area (TPSA) is 67.4 Å². The van der Waals surface area contributed by atoms with E-state index >= 15 is 0 Å². The van der Waals surface area contributed by atoms with Gasteiger partial charge in [-0.25, -0.2) is 19.2 Å². The number of urea groups is 1. The van der Waals surface area contributed by atoms with Gasteiger partial charge in [-0.1, -0.05) is 23.7 Å². The van der Waals surface area contributed by atoms with Gasteiger partial charge in [-0.15, -0.1) is 0 Å². The fourth-order valence-electron chi connectivity index (χ4n) is 2.62. The first-order chi connectivity index (χ1) is 12.1. The van der Waals surface area contributed by atoms with Gasteiger partial charge in [0.1, 0.15) is 11.9 Å². The number of ether oxygens (including phenoxy) is 1. The van der Waals surface area contributed by atoms with E-state index in [2.05, 4.69) is 15.3 Å². The molecule has 1 aliphatic heterocycles. The zero-order chi connectivity index (χ0) is 17.6. The largest absolute Gasteiger partial charge is 0.458 e. The van der Waals surface area contributed by atoms with Crippen LogP contribution in [-0.4, -0.2) is 40.1 Å². The maximum absolute atomic E-state index is 12.9. The van der Waals surface area contributed by atoms with E-state index in [-0.39, 0.29) is 24.0 Å². The van der Waals surface area contributed by atoms with Crippen molar-refractivity contribution in [3.63, 3.8) is 0 Å². The van der Waals surface area contributed by atoms with E-state index in [1.807, 2.05) is 0 Å². The summed E-state index contributed by atoms with van der Waals surface area (Å²) < 4.78 is 18.6. The summed E-state index contributed by atoms with van der Waals surface area (Å²) in [6, 6.07) is 6.12. The number of piperidine rings is 1. The molecule has 1 atom stereocenters. The van der Waals surface area contributed by atoms with Crippen molar-refractivity contribution in [2.75, 3.05) is 13.1 Å². The van der Waals surface area contributed by atoms with Gasteiger partial charge in [-0.05, 0) is 30.5 Å². The summed E-state index contributed by atoms with van der Waals surface area (Å²) >= 11 is 5.75. The van der Waals surface area contributed by atoms with Crippen LogP contribution in [0.4, 0.5) is 9.18 Å². The molecule has 132 valence electrons. The van der Waals surface area contributed by atoms with Gasteiger partial charge in [0.25, 0.3) is 0 Å². The molecule has 0 saturated carbocycles. The first kappa shape index (κ1) is 17.4. The third-order valence-electron chi connectivity index (χ3n) is 3.89. The Kier molecular flexibility index (Phi) is 5.65. The second-order valence-corrected chi connectivity index (χ2v) is 6.23. The van der Waals surface area contributed by atoms with Crippen LogP contribution in [-0.2, 0) is 6.54 Å². The summed E-state index contributed by atoms with van der Waals surface area (Å²) in [7, 11) is 0. The number of hydrogen-bond acceptors (Lipinski definition) is 4. The molecular weight excluding hydrogens is 347 g/mol. The summed E-state index contributed by atoms with van der Waals surface area (Å²) in [5, 5.41) is 3.28. The average Bonchev–Trinajstić information content (AvgIpc) is 2.63. The van der Waals surface area contributed by atoms with Gasteiger partial charge in [0.15, 0.2) is 0 Å². The lowest BCUT2D eigenvalue weighted by molar-refractivity contribution is 0.0938. The Morgan fingerprint density at radius 3 is 2.76 bits per heavy atom. The Hall–Kier alpha value is -2.41. The first-order valence-corrected chi connectivity index (χ1v) is 8.39. The lowest BCUT2D eigenvalue weighted by Crippen LogP contribution is -2.48. The van der Waals surface area contributed by atoms with E-state index in [9.17, 15) is 9.18 Å². The second-order valence-electron chi connectivity index (χ2n) is 5.80. The van der Waals surface area contributed by atoms with Gasteiger partial charge in [0, 0.05) is 13.1 Å². The number of halogens is 2. The number of carbonyl (C=O) groups is 1. The quantitative estimate of drug-likeness (QED) is 0.905. The summed E-state index contributed by atoms with van der Waals surface area (Å²) in [5.74, 6) is -0.296. The van der Waals surface area contributed by atoms with Crippen LogP contribution in [0.3, 0.4) is 0 Å². The van der Waals surface area contributed by atoms with Crippen molar-refractivity contribution >= 4 is 17.6 Å². The van der Waals surface area contributed by atoms with E-state index < -0.39 is 0 Å². The van der Waals surface area contributed by atoms with E-state index in [1.165, 1.54) is 24.5 Å². The lowest BCUT2D eigenvalue weighted by atomic mass is 10.1. The molecule has 1 aromatic carbocycles. The Morgan fingerprint density at radius 2 is 2.04 bits per heavy atom. The highest BCUT2D eigenvalue weighted by Gasteiger charge is 2.25. The lowest BCUT2D eigenvalue weighted by Gasteiger charge is -2.32. The molecule has 1 unspecified atom stereocenters. The molecule has 1 aliphatic rings. The summed E-state index contributed by atoms with van der Waals surface area (Å²) in [4.78, 5) is 22.0. The molecular formula is C17H18ClFN4O2. The van der Waals surface area contributed by atoms with Crippen LogP contribution in [0.1, 0.15) is 18.4 Å². The van der Waals surface area contributed by atoms with Crippen LogP contribution in [0, 0.1) is 5.82 Å². The minimum atomic E-state index is -0.296. The molecule has 1 fully saturated rings. The maximum Gasteiger partial charge on any atom is 0.317 e. The Morgan fingerprint density at radius 1 is 1.32 bits per heavy atom. The predicted octanol–water partition coefficient (Wildman–Crippen LogP) is 3.02. The van der Waals surface area contributed by atoms with Crippen LogP contribution < -0.4 is 10.1 Å². The van der Waals surface area contributed by atoms with Crippen molar-refractivity contribution < 1.29 is 13.9 Å². The third kappa shape index (κ3) is 5.03. The molecule has 8 heteroatoms. The summed E-state index contributed by atoms with van der Waals surface area (Å²) in [6.07, 6.45) is 4.45. The van der Waals surface area contributed by atoms with Crippen molar-refractivity contribution in [1.29, 1.82) is 0 Å². The van der Waals surface area contributed by atoms with Crippen molar-refractivity contribution in [2.45, 2.75) is 25.5 Å². The van der Waals surface area contributed by atoms with Crippen LogP contribution in [0.2, 0.25) is 5.02 Å². The van der Waals surface area contributed by atoms with Gasteiger partial charge in [-0.2, -0.15) is 0 Å².